The summed E-state index contributed by atoms with van der Waals surface area (Å²) < 4.78 is 4.91. The molecule has 0 saturated heterocycles. The smallest absolute Gasteiger partial charge is 0.222 e. The molecule has 0 aliphatic heterocycles. The Bertz CT molecular complexity index is 358. The van der Waals surface area contributed by atoms with Crippen LogP contribution in [0.25, 0.3) is 0 Å². The van der Waals surface area contributed by atoms with Gasteiger partial charge >= 0.3 is 0 Å². The summed E-state index contributed by atoms with van der Waals surface area (Å²) in [6, 6.07) is 0. The van der Waals surface area contributed by atoms with Crippen LogP contribution < -0.4 is 10.6 Å². The lowest BCUT2D eigenvalue weighted by Gasteiger charge is -2.26. The molecule has 1 atom stereocenters. The van der Waals surface area contributed by atoms with Gasteiger partial charge in [0, 0.05) is 25.5 Å². The van der Waals surface area contributed by atoms with E-state index in [4.69, 9.17) is 9.84 Å². The Hall–Kier alpha value is -1.67. The van der Waals surface area contributed by atoms with Crippen LogP contribution in [-0.4, -0.2) is 63.2 Å². The van der Waals surface area contributed by atoms with Crippen LogP contribution in [0, 0.1) is 5.41 Å². The number of oxime groups is 1. The van der Waals surface area contributed by atoms with Crippen molar-refractivity contribution in [1.82, 2.24) is 10.6 Å². The Balaban J connectivity index is -0.000000380. The Morgan fingerprint density at radius 3 is 2.24 bits per heavy atom. The number of nitrogens with one attached hydrogen (secondary N) is 2. The highest BCUT2D eigenvalue weighted by atomic mass is 16.6. The van der Waals surface area contributed by atoms with Gasteiger partial charge in [-0.3, -0.25) is 9.59 Å². The van der Waals surface area contributed by atoms with E-state index in [0.717, 1.165) is 0 Å². The molecule has 0 radical (unpaired) electrons. The number of ether oxygens (including phenoxy) is 1. The van der Waals surface area contributed by atoms with Gasteiger partial charge in [0.1, 0.15) is 7.11 Å². The molecule has 0 rings (SSSR count). The topological polar surface area (TPSA) is 109 Å². The second-order valence-electron chi connectivity index (χ2n) is 5.71. The highest BCUT2D eigenvalue weighted by Gasteiger charge is 2.23. The normalized spacial score (nSPS) is 11.8. The van der Waals surface area contributed by atoms with E-state index in [1.165, 1.54) is 7.11 Å². The van der Waals surface area contributed by atoms with Gasteiger partial charge in [-0.25, -0.2) is 0 Å². The first-order chi connectivity index (χ1) is 11.7. The predicted octanol–water partition coefficient (Wildman–Crippen LogP) is 1.33. The second kappa shape index (κ2) is 18.7. The number of hydrogen-bond donors (Lipinski definition) is 3. The lowest BCUT2D eigenvalue weighted by Crippen LogP contribution is -2.30. The van der Waals surface area contributed by atoms with E-state index in [1.54, 1.807) is 21.0 Å². The van der Waals surface area contributed by atoms with E-state index >= 15 is 0 Å². The maximum atomic E-state index is 11.1. The van der Waals surface area contributed by atoms with E-state index in [9.17, 15) is 9.59 Å². The number of aliphatic hydroxyl groups excluding tert-OH is 1. The third kappa shape index (κ3) is 20.3. The molecule has 8 nitrogen and oxygen atoms in total. The fourth-order valence-corrected chi connectivity index (χ4v) is 1.24. The Labute approximate surface area is 152 Å². The average Bonchev–Trinajstić information content (AvgIpc) is 2.56. The van der Waals surface area contributed by atoms with Crippen molar-refractivity contribution in [2.75, 3.05) is 33.9 Å². The Morgan fingerprint density at radius 1 is 1.32 bits per heavy atom. The largest absolute Gasteiger partial charge is 0.399 e. The number of aliphatic hydroxyl groups is 1. The Morgan fingerprint density at radius 2 is 1.88 bits per heavy atom. The van der Waals surface area contributed by atoms with E-state index < -0.39 is 0 Å². The predicted molar refractivity (Wildman–Crippen MR) is 100 cm³/mol. The summed E-state index contributed by atoms with van der Waals surface area (Å²) in [5, 5.41) is 17.8. The van der Waals surface area contributed by atoms with Crippen LogP contribution >= 0.6 is 0 Å². The van der Waals surface area contributed by atoms with Crippen molar-refractivity contribution in [2.24, 2.45) is 10.6 Å². The maximum absolute atomic E-state index is 11.1. The first-order valence-electron chi connectivity index (χ1n) is 8.38. The second-order valence-corrected chi connectivity index (χ2v) is 5.71. The fourth-order valence-electron chi connectivity index (χ4n) is 1.24. The number of amides is 2. The molecule has 150 valence electrons. The zero-order valence-electron chi connectivity index (χ0n) is 17.0. The van der Waals surface area contributed by atoms with Crippen molar-refractivity contribution < 1.29 is 24.3 Å². The molecule has 8 heteroatoms. The number of nitrogens with zero attached hydrogens (tertiary/aromatic N) is 1. The van der Waals surface area contributed by atoms with E-state index in [1.807, 2.05) is 27.7 Å². The number of methoxy groups -OCH3 is 1. The van der Waals surface area contributed by atoms with Gasteiger partial charge in [0.15, 0.2) is 0 Å². The lowest BCUT2D eigenvalue weighted by atomic mass is 9.89. The molecule has 0 heterocycles. The van der Waals surface area contributed by atoms with Crippen molar-refractivity contribution in [1.29, 1.82) is 0 Å². The number of hydrogen-bond acceptors (Lipinski definition) is 6. The molecular weight excluding hydrogens is 326 g/mol. The number of rotatable bonds is 10. The average molecular weight is 363 g/mol. The summed E-state index contributed by atoms with van der Waals surface area (Å²) in [7, 11) is 3.09. The van der Waals surface area contributed by atoms with Crippen molar-refractivity contribution in [2.45, 2.75) is 54.1 Å². The van der Waals surface area contributed by atoms with Gasteiger partial charge < -0.3 is 25.3 Å². The summed E-state index contributed by atoms with van der Waals surface area (Å²) in [6.45, 7) is 12.8. The van der Waals surface area contributed by atoms with Gasteiger partial charge in [-0.05, 0) is 13.8 Å². The third-order valence-corrected chi connectivity index (χ3v) is 3.02. The van der Waals surface area contributed by atoms with Crippen molar-refractivity contribution in [3.05, 3.63) is 0 Å². The molecule has 0 saturated carbocycles. The van der Waals surface area contributed by atoms with Gasteiger partial charge in [-0.1, -0.05) is 32.9 Å². The van der Waals surface area contributed by atoms with Crippen LogP contribution in [0.3, 0.4) is 0 Å². The van der Waals surface area contributed by atoms with Crippen LogP contribution in [0.4, 0.5) is 0 Å². The highest BCUT2D eigenvalue weighted by Crippen LogP contribution is 2.19. The summed E-state index contributed by atoms with van der Waals surface area (Å²) >= 11 is 0. The summed E-state index contributed by atoms with van der Waals surface area (Å²) in [6.07, 6.45) is 0.515. The Kier molecular flexibility index (Phi) is 21.0. The number of carbonyl (C=O) groups is 2. The zero-order chi connectivity index (χ0) is 20.3. The molecule has 0 aliphatic carbocycles. The molecule has 0 aromatic heterocycles. The molecule has 0 aromatic carbocycles. The van der Waals surface area contributed by atoms with Gasteiger partial charge in [0.2, 0.25) is 12.3 Å². The minimum Gasteiger partial charge on any atom is -0.399 e. The minimum absolute atomic E-state index is 0.116. The fraction of sp³-hybridized carbons (Fsp3) is 0.824. The third-order valence-electron chi connectivity index (χ3n) is 3.02. The minimum atomic E-state index is -0.308. The molecular formula is C17H37N3O5. The first kappa shape index (κ1) is 28.1. The van der Waals surface area contributed by atoms with Crippen LogP contribution in [0.15, 0.2) is 5.16 Å². The van der Waals surface area contributed by atoms with Crippen molar-refractivity contribution >= 4 is 18.0 Å². The molecule has 0 bridgehead atoms. The molecule has 0 aromatic rings. The standard InChI is InChI=1S/C8H15N3O3.C7H16O2.C2H6/c1-7(11-14-2)5-10-8(13)3-4-9-6-12;1-6(8)7(2,3)5-9-4;1-2/h6H,3-5H2,1-2H3,(H,9,12)(H,10,13);6,8H,5H2,1-4H3;1-2H3/b11-7+;;. The van der Waals surface area contributed by atoms with Crippen molar-refractivity contribution in [3.63, 3.8) is 0 Å². The summed E-state index contributed by atoms with van der Waals surface area (Å²) in [5.41, 5.74) is 0.568. The molecule has 3 N–H and O–H groups in total. The molecule has 0 spiro atoms. The van der Waals surface area contributed by atoms with Gasteiger partial charge in [0.05, 0.1) is 25.0 Å². The van der Waals surface area contributed by atoms with E-state index in [-0.39, 0.29) is 23.8 Å². The van der Waals surface area contributed by atoms with E-state index in [2.05, 4.69) is 20.6 Å². The first-order valence-corrected chi connectivity index (χ1v) is 8.38. The van der Waals surface area contributed by atoms with Crippen LogP contribution in [0.2, 0.25) is 0 Å². The molecule has 0 aliphatic rings. The molecule has 1 unspecified atom stereocenters. The monoisotopic (exact) mass is 363 g/mol. The lowest BCUT2D eigenvalue weighted by molar-refractivity contribution is -0.120. The highest BCUT2D eigenvalue weighted by molar-refractivity contribution is 5.87. The molecule has 0 fully saturated rings. The van der Waals surface area contributed by atoms with Gasteiger partial charge in [0.25, 0.3) is 0 Å². The SMILES string of the molecule is CC.CO/N=C(\C)CNC(=O)CCNC=O.COCC(C)(C)C(C)O. The van der Waals surface area contributed by atoms with Crippen LogP contribution in [-0.2, 0) is 19.2 Å². The quantitative estimate of drug-likeness (QED) is 0.235. The van der Waals surface area contributed by atoms with Gasteiger partial charge in [-0.15, -0.1) is 0 Å². The number of carbonyl (C=O) groups excluding carboxylic acids is 2. The summed E-state index contributed by atoms with van der Waals surface area (Å²) in [4.78, 5) is 25.4. The maximum Gasteiger partial charge on any atom is 0.222 e. The molecule has 2 amide bonds. The van der Waals surface area contributed by atoms with Crippen LogP contribution in [0.1, 0.15) is 48.0 Å². The zero-order valence-corrected chi connectivity index (χ0v) is 17.0. The molecule has 25 heavy (non-hydrogen) atoms. The van der Waals surface area contributed by atoms with Crippen LogP contribution in [0.5, 0.6) is 0 Å². The van der Waals surface area contributed by atoms with Gasteiger partial charge in [-0.2, -0.15) is 0 Å². The summed E-state index contributed by atoms with van der Waals surface area (Å²) in [5.74, 6) is -0.134. The van der Waals surface area contributed by atoms with Crippen molar-refractivity contribution in [3.8, 4) is 0 Å². The van der Waals surface area contributed by atoms with E-state index in [0.29, 0.717) is 31.8 Å².